The summed E-state index contributed by atoms with van der Waals surface area (Å²) in [6.45, 7) is 0. The molecule has 1 aromatic carbocycles. The Balaban J connectivity index is 1.88. The van der Waals surface area contributed by atoms with Gasteiger partial charge < -0.3 is 9.63 Å². The molecule has 1 heterocycles. The molecule has 2 atom stereocenters. The molecule has 0 fully saturated rings. The predicted octanol–water partition coefficient (Wildman–Crippen LogP) is 3.63. The van der Waals surface area contributed by atoms with Gasteiger partial charge in [-0.15, -0.1) is 0 Å². The number of rotatable bonds is 3. The van der Waals surface area contributed by atoms with Crippen molar-refractivity contribution >= 4 is 21.9 Å². The maximum absolute atomic E-state index is 11.3. The number of carboxylic acids is 1. The van der Waals surface area contributed by atoms with E-state index in [1.165, 1.54) is 0 Å². The lowest BCUT2D eigenvalue weighted by Gasteiger charge is -2.21. The van der Waals surface area contributed by atoms with Gasteiger partial charge in [0.05, 0.1) is 11.8 Å². The van der Waals surface area contributed by atoms with Crippen molar-refractivity contribution in [1.82, 2.24) is 10.1 Å². The first-order valence-corrected chi connectivity index (χ1v) is 7.42. The summed E-state index contributed by atoms with van der Waals surface area (Å²) in [6, 6.07) is 7.56. The number of hydrogen-bond donors (Lipinski definition) is 1. The van der Waals surface area contributed by atoms with E-state index in [-0.39, 0.29) is 5.92 Å². The second-order valence-corrected chi connectivity index (χ2v) is 5.87. The number of nitrogens with zero attached hydrogens (tertiary/aromatic N) is 2. The summed E-state index contributed by atoms with van der Waals surface area (Å²) >= 11 is 3.37. The summed E-state index contributed by atoms with van der Waals surface area (Å²) in [5, 5.41) is 13.3. The highest BCUT2D eigenvalue weighted by Gasteiger charge is 2.33. The van der Waals surface area contributed by atoms with E-state index >= 15 is 0 Å². The van der Waals surface area contributed by atoms with Crippen LogP contribution in [0.15, 0.2) is 45.4 Å². The lowest BCUT2D eigenvalue weighted by atomic mass is 9.83. The second kappa shape index (κ2) is 5.81. The van der Waals surface area contributed by atoms with Crippen LogP contribution in [0.5, 0.6) is 0 Å². The molecule has 1 aliphatic rings. The average Bonchev–Trinajstić information content (AvgIpc) is 2.97. The van der Waals surface area contributed by atoms with Crippen LogP contribution < -0.4 is 0 Å². The predicted molar refractivity (Wildman–Crippen MR) is 79.7 cm³/mol. The van der Waals surface area contributed by atoms with Crippen LogP contribution in [-0.4, -0.2) is 21.2 Å². The highest BCUT2D eigenvalue weighted by Crippen LogP contribution is 2.34. The zero-order valence-corrected chi connectivity index (χ0v) is 12.7. The van der Waals surface area contributed by atoms with E-state index in [9.17, 15) is 9.90 Å². The SMILES string of the molecule is O=C(O)C1CC=CCC1c1nc(-c2ccc(Br)cc2)no1. The number of aliphatic carboxylic acids is 1. The lowest BCUT2D eigenvalue weighted by Crippen LogP contribution is -2.23. The number of carboxylic acid groups (broad SMARTS) is 1. The molecule has 108 valence electrons. The molecule has 6 heteroatoms. The zero-order valence-electron chi connectivity index (χ0n) is 11.1. The van der Waals surface area contributed by atoms with Crippen molar-refractivity contribution in [2.75, 3.05) is 0 Å². The molecule has 21 heavy (non-hydrogen) atoms. The van der Waals surface area contributed by atoms with Gasteiger partial charge in [0.1, 0.15) is 0 Å². The molecule has 1 N–H and O–H groups in total. The third-order valence-corrected chi connectivity index (χ3v) is 4.14. The molecule has 2 aromatic rings. The van der Waals surface area contributed by atoms with Gasteiger partial charge in [0.15, 0.2) is 0 Å². The van der Waals surface area contributed by atoms with Crippen LogP contribution in [0.1, 0.15) is 24.7 Å². The van der Waals surface area contributed by atoms with E-state index in [1.807, 2.05) is 36.4 Å². The van der Waals surface area contributed by atoms with Crippen molar-refractivity contribution < 1.29 is 14.4 Å². The van der Waals surface area contributed by atoms with Crippen LogP contribution in [-0.2, 0) is 4.79 Å². The molecular weight excluding hydrogens is 336 g/mol. The smallest absolute Gasteiger partial charge is 0.307 e. The first-order valence-electron chi connectivity index (χ1n) is 6.62. The van der Waals surface area contributed by atoms with Crippen LogP contribution in [0.4, 0.5) is 0 Å². The van der Waals surface area contributed by atoms with E-state index in [2.05, 4.69) is 26.1 Å². The highest BCUT2D eigenvalue weighted by atomic mass is 79.9. The molecule has 0 radical (unpaired) electrons. The molecule has 0 amide bonds. The number of halogens is 1. The monoisotopic (exact) mass is 348 g/mol. The fraction of sp³-hybridized carbons (Fsp3) is 0.267. The van der Waals surface area contributed by atoms with Crippen LogP contribution in [0, 0.1) is 5.92 Å². The van der Waals surface area contributed by atoms with Gasteiger partial charge in [-0.25, -0.2) is 0 Å². The first kappa shape index (κ1) is 14.0. The van der Waals surface area contributed by atoms with Gasteiger partial charge in [-0.3, -0.25) is 4.79 Å². The van der Waals surface area contributed by atoms with Gasteiger partial charge in [0.25, 0.3) is 0 Å². The fourth-order valence-electron chi connectivity index (χ4n) is 2.46. The number of benzene rings is 1. The number of allylic oxidation sites excluding steroid dienone is 2. The van der Waals surface area contributed by atoms with Gasteiger partial charge in [-0.2, -0.15) is 4.98 Å². The number of aromatic nitrogens is 2. The molecule has 5 nitrogen and oxygen atoms in total. The number of hydrogen-bond acceptors (Lipinski definition) is 4. The van der Waals surface area contributed by atoms with Crippen molar-refractivity contribution in [3.05, 3.63) is 46.8 Å². The molecule has 1 aliphatic carbocycles. The summed E-state index contributed by atoms with van der Waals surface area (Å²) in [4.78, 5) is 15.7. The van der Waals surface area contributed by atoms with E-state index in [1.54, 1.807) is 0 Å². The minimum absolute atomic E-state index is 0.260. The van der Waals surface area contributed by atoms with Crippen molar-refractivity contribution in [3.8, 4) is 11.4 Å². The Morgan fingerprint density at radius 3 is 2.67 bits per heavy atom. The summed E-state index contributed by atoms with van der Waals surface area (Å²) < 4.78 is 6.27. The molecule has 3 rings (SSSR count). The Labute approximate surface area is 129 Å². The van der Waals surface area contributed by atoms with Gasteiger partial charge in [0.2, 0.25) is 11.7 Å². The fourth-order valence-corrected chi connectivity index (χ4v) is 2.73. The summed E-state index contributed by atoms with van der Waals surface area (Å²) in [7, 11) is 0. The minimum atomic E-state index is -0.826. The zero-order chi connectivity index (χ0) is 14.8. The molecule has 0 aliphatic heterocycles. The van der Waals surface area contributed by atoms with Crippen molar-refractivity contribution in [2.45, 2.75) is 18.8 Å². The highest BCUT2D eigenvalue weighted by molar-refractivity contribution is 9.10. The van der Waals surface area contributed by atoms with Crippen LogP contribution in [0.25, 0.3) is 11.4 Å². The molecular formula is C15H13BrN2O3. The van der Waals surface area contributed by atoms with Crippen LogP contribution in [0.2, 0.25) is 0 Å². The Hall–Kier alpha value is -1.95. The Bertz CT molecular complexity index is 678. The van der Waals surface area contributed by atoms with Crippen LogP contribution in [0.3, 0.4) is 0 Å². The van der Waals surface area contributed by atoms with E-state index in [0.717, 1.165) is 10.0 Å². The summed E-state index contributed by atoms with van der Waals surface area (Å²) in [6.07, 6.45) is 4.96. The van der Waals surface area contributed by atoms with Gasteiger partial charge in [-0.05, 0) is 37.1 Å². The molecule has 0 bridgehead atoms. The standard InChI is InChI=1S/C15H13BrN2O3/c16-10-7-5-9(6-8-10)13-17-14(21-18-13)11-3-1-2-4-12(11)15(19)20/h1-2,5-8,11-12H,3-4H2,(H,19,20). The van der Waals surface area contributed by atoms with E-state index < -0.39 is 11.9 Å². The van der Waals surface area contributed by atoms with E-state index in [0.29, 0.717) is 24.6 Å². The molecule has 0 spiro atoms. The molecule has 0 saturated heterocycles. The van der Waals surface area contributed by atoms with Crippen molar-refractivity contribution in [1.29, 1.82) is 0 Å². The summed E-state index contributed by atoms with van der Waals surface area (Å²) in [5.74, 6) is -0.717. The van der Waals surface area contributed by atoms with E-state index in [4.69, 9.17) is 4.52 Å². The largest absolute Gasteiger partial charge is 0.481 e. The Morgan fingerprint density at radius 1 is 1.24 bits per heavy atom. The summed E-state index contributed by atoms with van der Waals surface area (Å²) in [5.41, 5.74) is 0.839. The third-order valence-electron chi connectivity index (χ3n) is 3.61. The maximum atomic E-state index is 11.3. The number of carbonyl (C=O) groups is 1. The quantitative estimate of drug-likeness (QED) is 0.857. The Morgan fingerprint density at radius 2 is 1.95 bits per heavy atom. The van der Waals surface area contributed by atoms with Gasteiger partial charge in [-0.1, -0.05) is 33.2 Å². The third kappa shape index (κ3) is 2.90. The normalized spacial score (nSPS) is 21.4. The van der Waals surface area contributed by atoms with Gasteiger partial charge >= 0.3 is 5.97 Å². The Kier molecular flexibility index (Phi) is 3.88. The molecule has 1 aromatic heterocycles. The topological polar surface area (TPSA) is 76.2 Å². The second-order valence-electron chi connectivity index (χ2n) is 4.96. The maximum Gasteiger partial charge on any atom is 0.307 e. The van der Waals surface area contributed by atoms with Crippen molar-refractivity contribution in [2.24, 2.45) is 5.92 Å². The average molecular weight is 349 g/mol. The lowest BCUT2D eigenvalue weighted by molar-refractivity contribution is -0.142. The first-order chi connectivity index (χ1) is 10.1. The molecule has 2 unspecified atom stereocenters. The minimum Gasteiger partial charge on any atom is -0.481 e. The molecule has 0 saturated carbocycles. The van der Waals surface area contributed by atoms with Crippen LogP contribution >= 0.6 is 15.9 Å². The van der Waals surface area contributed by atoms with Gasteiger partial charge in [0, 0.05) is 10.0 Å². The van der Waals surface area contributed by atoms with Crippen molar-refractivity contribution in [3.63, 3.8) is 0 Å².